The van der Waals surface area contributed by atoms with Crippen LogP contribution in [0.3, 0.4) is 0 Å². The highest BCUT2D eigenvalue weighted by atomic mass is 19.1. The van der Waals surface area contributed by atoms with Gasteiger partial charge in [-0.2, -0.15) is 0 Å². The molecule has 122 valence electrons. The lowest BCUT2D eigenvalue weighted by Crippen LogP contribution is -2.55. The van der Waals surface area contributed by atoms with Crippen LogP contribution in [0.15, 0.2) is 54.6 Å². The number of hydrogen-bond acceptors (Lipinski definition) is 2. The first-order valence-corrected chi connectivity index (χ1v) is 8.39. The average Bonchev–Trinajstić information content (AvgIpc) is 2.55. The van der Waals surface area contributed by atoms with Crippen LogP contribution in [0.2, 0.25) is 0 Å². The molecule has 2 nitrogen and oxygen atoms in total. The Morgan fingerprint density at radius 3 is 2.04 bits per heavy atom. The van der Waals surface area contributed by atoms with E-state index in [1.54, 1.807) is 12.1 Å². The molecule has 1 heterocycles. The Morgan fingerprint density at radius 1 is 0.826 bits per heavy atom. The van der Waals surface area contributed by atoms with E-state index < -0.39 is 0 Å². The second-order valence-electron chi connectivity index (χ2n) is 6.63. The molecule has 3 rings (SSSR count). The Labute approximate surface area is 138 Å². The zero-order valence-electron chi connectivity index (χ0n) is 14.0. The van der Waals surface area contributed by atoms with Crippen LogP contribution in [0.25, 0.3) is 0 Å². The van der Waals surface area contributed by atoms with Crippen molar-refractivity contribution < 1.29 is 4.39 Å². The summed E-state index contributed by atoms with van der Waals surface area (Å²) in [6.45, 7) is 8.18. The standard InChI is InChI=1S/C20H25FN2/c1-16-13-23(15-19-10-6-7-11-20(19)21)17(2)12-22(16)14-18-8-4-3-5-9-18/h3-11,16-17H,12-15H2,1-2H3/t16-,17+/m0/s1. The van der Waals surface area contributed by atoms with Gasteiger partial charge in [-0.1, -0.05) is 48.5 Å². The zero-order valence-corrected chi connectivity index (χ0v) is 14.0. The molecule has 1 aliphatic rings. The van der Waals surface area contributed by atoms with E-state index in [4.69, 9.17) is 0 Å². The molecule has 2 aromatic rings. The molecule has 0 radical (unpaired) electrons. The highest BCUT2D eigenvalue weighted by Crippen LogP contribution is 2.21. The summed E-state index contributed by atoms with van der Waals surface area (Å²) in [5.74, 6) is -0.0981. The summed E-state index contributed by atoms with van der Waals surface area (Å²) in [4.78, 5) is 4.92. The van der Waals surface area contributed by atoms with Gasteiger partial charge < -0.3 is 0 Å². The maximum Gasteiger partial charge on any atom is 0.127 e. The summed E-state index contributed by atoms with van der Waals surface area (Å²) in [6, 6.07) is 18.6. The third-order valence-electron chi connectivity index (χ3n) is 4.80. The van der Waals surface area contributed by atoms with Crippen molar-refractivity contribution in [3.63, 3.8) is 0 Å². The maximum atomic E-state index is 13.9. The molecule has 0 aliphatic carbocycles. The second kappa shape index (κ2) is 7.24. The number of benzene rings is 2. The fourth-order valence-electron chi connectivity index (χ4n) is 3.37. The largest absolute Gasteiger partial charge is 0.294 e. The van der Waals surface area contributed by atoms with E-state index >= 15 is 0 Å². The molecule has 23 heavy (non-hydrogen) atoms. The Morgan fingerprint density at radius 2 is 1.39 bits per heavy atom. The van der Waals surface area contributed by atoms with E-state index in [1.165, 1.54) is 5.56 Å². The molecule has 0 unspecified atom stereocenters. The number of nitrogens with zero attached hydrogens (tertiary/aromatic N) is 2. The number of hydrogen-bond donors (Lipinski definition) is 0. The Hall–Kier alpha value is -1.71. The predicted octanol–water partition coefficient (Wildman–Crippen LogP) is 3.92. The van der Waals surface area contributed by atoms with E-state index in [9.17, 15) is 4.39 Å². The molecular weight excluding hydrogens is 287 g/mol. The minimum atomic E-state index is -0.0981. The van der Waals surface area contributed by atoms with Gasteiger partial charge in [0, 0.05) is 43.8 Å². The molecule has 2 atom stereocenters. The highest BCUT2D eigenvalue weighted by Gasteiger charge is 2.29. The molecule has 1 fully saturated rings. The molecule has 3 heteroatoms. The van der Waals surface area contributed by atoms with Gasteiger partial charge in [-0.3, -0.25) is 9.80 Å². The molecule has 0 saturated carbocycles. The fraction of sp³-hybridized carbons (Fsp3) is 0.400. The normalized spacial score (nSPS) is 23.1. The van der Waals surface area contributed by atoms with Gasteiger partial charge in [0.15, 0.2) is 0 Å². The van der Waals surface area contributed by atoms with Gasteiger partial charge in [0.2, 0.25) is 0 Å². The molecule has 0 N–H and O–H groups in total. The van der Waals surface area contributed by atoms with Crippen molar-refractivity contribution in [2.24, 2.45) is 0 Å². The van der Waals surface area contributed by atoms with Crippen molar-refractivity contribution in [3.8, 4) is 0 Å². The molecule has 0 aromatic heterocycles. The van der Waals surface area contributed by atoms with Crippen LogP contribution in [-0.4, -0.2) is 35.0 Å². The van der Waals surface area contributed by atoms with Crippen LogP contribution in [0.5, 0.6) is 0 Å². The van der Waals surface area contributed by atoms with Gasteiger partial charge in [0.1, 0.15) is 5.82 Å². The molecule has 0 amide bonds. The summed E-state index contributed by atoms with van der Waals surface area (Å²) in [5.41, 5.74) is 2.15. The summed E-state index contributed by atoms with van der Waals surface area (Å²) in [6.07, 6.45) is 0. The van der Waals surface area contributed by atoms with Crippen LogP contribution in [-0.2, 0) is 13.1 Å². The molecule has 0 bridgehead atoms. The number of piperazine rings is 1. The Bertz CT molecular complexity index is 629. The maximum absolute atomic E-state index is 13.9. The van der Waals surface area contributed by atoms with E-state index in [-0.39, 0.29) is 5.82 Å². The topological polar surface area (TPSA) is 6.48 Å². The van der Waals surface area contributed by atoms with E-state index in [1.807, 2.05) is 12.1 Å². The fourth-order valence-corrected chi connectivity index (χ4v) is 3.37. The summed E-state index contributed by atoms with van der Waals surface area (Å²) in [7, 11) is 0. The zero-order chi connectivity index (χ0) is 16.2. The van der Waals surface area contributed by atoms with Crippen molar-refractivity contribution in [3.05, 3.63) is 71.5 Å². The summed E-state index contributed by atoms with van der Waals surface area (Å²) in [5, 5.41) is 0. The van der Waals surface area contributed by atoms with E-state index in [0.717, 1.165) is 25.2 Å². The summed E-state index contributed by atoms with van der Waals surface area (Å²) < 4.78 is 13.9. The monoisotopic (exact) mass is 312 g/mol. The van der Waals surface area contributed by atoms with Gasteiger partial charge in [-0.25, -0.2) is 4.39 Å². The second-order valence-corrected chi connectivity index (χ2v) is 6.63. The first kappa shape index (κ1) is 16.2. The molecular formula is C20H25FN2. The van der Waals surface area contributed by atoms with Gasteiger partial charge in [-0.15, -0.1) is 0 Å². The van der Waals surface area contributed by atoms with Gasteiger partial charge >= 0.3 is 0 Å². The van der Waals surface area contributed by atoms with Crippen molar-refractivity contribution >= 4 is 0 Å². The number of rotatable bonds is 4. The van der Waals surface area contributed by atoms with Crippen LogP contribution in [0.1, 0.15) is 25.0 Å². The van der Waals surface area contributed by atoms with Crippen molar-refractivity contribution in [2.75, 3.05) is 13.1 Å². The van der Waals surface area contributed by atoms with Gasteiger partial charge in [0.25, 0.3) is 0 Å². The predicted molar refractivity (Wildman–Crippen MR) is 92.6 cm³/mol. The SMILES string of the molecule is C[C@@H]1CN(Cc2ccccc2)[C@@H](C)CN1Cc1ccccc1F. The van der Waals surface area contributed by atoms with Crippen molar-refractivity contribution in [1.29, 1.82) is 0 Å². The molecule has 2 aromatic carbocycles. The third-order valence-corrected chi connectivity index (χ3v) is 4.80. The summed E-state index contributed by atoms with van der Waals surface area (Å²) >= 11 is 0. The highest BCUT2D eigenvalue weighted by molar-refractivity contribution is 5.18. The van der Waals surface area contributed by atoms with Crippen molar-refractivity contribution in [1.82, 2.24) is 9.80 Å². The lowest BCUT2D eigenvalue weighted by atomic mass is 10.1. The average molecular weight is 312 g/mol. The molecule has 1 saturated heterocycles. The molecule has 0 spiro atoms. The van der Waals surface area contributed by atoms with E-state index in [2.05, 4.69) is 54.0 Å². The number of halogens is 1. The van der Waals surface area contributed by atoms with Gasteiger partial charge in [-0.05, 0) is 25.5 Å². The first-order valence-electron chi connectivity index (χ1n) is 8.39. The van der Waals surface area contributed by atoms with Crippen LogP contribution >= 0.6 is 0 Å². The van der Waals surface area contributed by atoms with Crippen LogP contribution < -0.4 is 0 Å². The first-order chi connectivity index (χ1) is 11.1. The quantitative estimate of drug-likeness (QED) is 0.844. The lowest BCUT2D eigenvalue weighted by molar-refractivity contribution is 0.0322. The Balaban J connectivity index is 1.64. The van der Waals surface area contributed by atoms with Crippen molar-refractivity contribution in [2.45, 2.75) is 39.0 Å². The minimum Gasteiger partial charge on any atom is -0.294 e. The Kier molecular flexibility index (Phi) is 5.09. The van der Waals surface area contributed by atoms with Crippen LogP contribution in [0, 0.1) is 5.82 Å². The molecule has 1 aliphatic heterocycles. The lowest BCUT2D eigenvalue weighted by Gasteiger charge is -2.44. The minimum absolute atomic E-state index is 0.0981. The van der Waals surface area contributed by atoms with Gasteiger partial charge in [0.05, 0.1) is 0 Å². The van der Waals surface area contributed by atoms with E-state index in [0.29, 0.717) is 18.6 Å². The third kappa shape index (κ3) is 3.98. The van der Waals surface area contributed by atoms with Crippen LogP contribution in [0.4, 0.5) is 4.39 Å². The smallest absolute Gasteiger partial charge is 0.127 e.